The summed E-state index contributed by atoms with van der Waals surface area (Å²) < 4.78 is 43.0. The van der Waals surface area contributed by atoms with Gasteiger partial charge in [-0.2, -0.15) is 4.98 Å². The van der Waals surface area contributed by atoms with E-state index in [0.29, 0.717) is 23.9 Å². The van der Waals surface area contributed by atoms with E-state index in [9.17, 15) is 24.2 Å². The highest BCUT2D eigenvalue weighted by Gasteiger charge is 2.47. The molecule has 1 aromatic carbocycles. The van der Waals surface area contributed by atoms with Crippen molar-refractivity contribution in [2.45, 2.75) is 49.7 Å². The van der Waals surface area contributed by atoms with E-state index in [-0.39, 0.29) is 29.7 Å². The highest BCUT2D eigenvalue weighted by Crippen LogP contribution is 2.48. The summed E-state index contributed by atoms with van der Waals surface area (Å²) in [5, 5.41) is 12.3. The first-order valence-electron chi connectivity index (χ1n) is 13.1. The third-order valence-electron chi connectivity index (χ3n) is 7.19. The number of hydrogen-bond donors (Lipinski definition) is 5. The first-order valence-corrected chi connectivity index (χ1v) is 16.7. The number of nitrogens with one attached hydrogen (secondary N) is 1. The van der Waals surface area contributed by atoms with Gasteiger partial charge in [-0.25, -0.2) is 9.55 Å². The maximum Gasteiger partial charge on any atom is 0.383 e. The molecule has 6 rings (SSSR count). The number of ether oxygens (including phenoxy) is 2. The van der Waals surface area contributed by atoms with Crippen molar-refractivity contribution in [3.05, 3.63) is 63.6 Å². The lowest BCUT2D eigenvalue weighted by molar-refractivity contribution is -0.0507. The van der Waals surface area contributed by atoms with E-state index < -0.39 is 58.8 Å². The fourth-order valence-corrected chi connectivity index (χ4v) is 6.45. The van der Waals surface area contributed by atoms with E-state index >= 15 is 0 Å². The molecule has 0 spiro atoms. The number of fused-ring (bicyclic) bond motifs is 2. The number of hydrogen-bond acceptors (Lipinski definition) is 12. The van der Waals surface area contributed by atoms with Gasteiger partial charge >= 0.3 is 6.80 Å². The van der Waals surface area contributed by atoms with Crippen LogP contribution in [0.15, 0.2) is 52.4 Å². The minimum Gasteiger partial charge on any atom is -0.386 e. The molecule has 16 nitrogen and oxygen atoms in total. The van der Waals surface area contributed by atoms with Gasteiger partial charge in [-0.15, -0.1) is 0 Å². The molecule has 4 aromatic rings. The number of rotatable bonds is 10. The zero-order valence-corrected chi connectivity index (χ0v) is 25.0. The number of anilines is 1. The third-order valence-corrected chi connectivity index (χ3v) is 8.67. The van der Waals surface area contributed by atoms with E-state index in [4.69, 9.17) is 28.8 Å². The summed E-state index contributed by atoms with van der Waals surface area (Å²) >= 11 is 3.53. The number of thiol groups is 1. The normalized spacial score (nSPS) is 27.5. The Kier molecular flexibility index (Phi) is 8.72. The Morgan fingerprint density at radius 3 is 2.81 bits per heavy atom. The Balaban J connectivity index is 1.09. The molecular formula is C24H28N6O10P2S. The van der Waals surface area contributed by atoms with E-state index in [0.717, 1.165) is 5.39 Å². The third kappa shape index (κ3) is 6.42. The van der Waals surface area contributed by atoms with Crippen molar-refractivity contribution in [1.29, 1.82) is 0 Å². The number of aromatic nitrogens is 5. The molecule has 2 aliphatic heterocycles. The smallest absolute Gasteiger partial charge is 0.383 e. The maximum atomic E-state index is 13.1. The molecular weight excluding hydrogens is 626 g/mol. The zero-order chi connectivity index (χ0) is 30.3. The van der Waals surface area contributed by atoms with Crippen LogP contribution < -0.4 is 16.9 Å². The molecule has 8 atom stereocenters. The Morgan fingerprint density at radius 1 is 1.19 bits per heavy atom. The number of pyridine rings is 1. The van der Waals surface area contributed by atoms with Gasteiger partial charge in [0.15, 0.2) is 26.4 Å². The molecule has 19 heteroatoms. The van der Waals surface area contributed by atoms with Gasteiger partial charge in [0.25, 0.3) is 11.1 Å². The molecule has 0 bridgehead atoms. The minimum absolute atomic E-state index is 0.0267. The predicted molar refractivity (Wildman–Crippen MR) is 158 cm³/mol. The van der Waals surface area contributed by atoms with Crippen LogP contribution in [0, 0.1) is 0 Å². The van der Waals surface area contributed by atoms with E-state index in [1.165, 1.54) is 17.1 Å². The summed E-state index contributed by atoms with van der Waals surface area (Å²) in [4.78, 5) is 45.4. The number of nitrogen functional groups attached to an aromatic ring is 1. The second kappa shape index (κ2) is 12.4. The highest BCUT2D eigenvalue weighted by molar-refractivity contribution is 8.44. The largest absolute Gasteiger partial charge is 0.386 e. The molecule has 2 saturated heterocycles. The summed E-state index contributed by atoms with van der Waals surface area (Å²) in [6.07, 6.45) is -1.10. The molecule has 0 aliphatic carbocycles. The number of imidazole rings is 1. The van der Waals surface area contributed by atoms with Crippen molar-refractivity contribution in [2.24, 2.45) is 0 Å². The van der Waals surface area contributed by atoms with Gasteiger partial charge in [0.1, 0.15) is 24.5 Å². The number of nitrogens with two attached hydrogens (primary N) is 1. The summed E-state index contributed by atoms with van der Waals surface area (Å²) in [6, 6.07) is 8.72. The second-order valence-electron chi connectivity index (χ2n) is 10.00. The molecule has 0 saturated carbocycles. The lowest BCUT2D eigenvalue weighted by Gasteiger charge is -2.21. The van der Waals surface area contributed by atoms with Gasteiger partial charge in [0.2, 0.25) is 5.95 Å². The number of aliphatic hydroxyl groups is 1. The maximum absolute atomic E-state index is 13.1. The lowest BCUT2D eigenvalue weighted by Crippen LogP contribution is -2.36. The Hall–Kier alpha value is -2.69. The number of H-pyrrole nitrogens is 1. The SMILES string of the molecule is Nc1nc2c(ncn2[C@H]2CC[C@@H](COPO[C@H]3C(O)[C@H](n4ccc5ccccc5c4=O)O[C@@H]3COP(=O)(O)S)O2)c(=O)[nH]1. The molecule has 43 heavy (non-hydrogen) atoms. The van der Waals surface area contributed by atoms with Crippen LogP contribution in [0.4, 0.5) is 5.95 Å². The summed E-state index contributed by atoms with van der Waals surface area (Å²) in [6.45, 7) is -4.45. The van der Waals surface area contributed by atoms with Gasteiger partial charge < -0.3 is 34.3 Å². The Labute approximate surface area is 249 Å². The van der Waals surface area contributed by atoms with Crippen molar-refractivity contribution in [1.82, 2.24) is 24.1 Å². The van der Waals surface area contributed by atoms with Crippen LogP contribution in [0.25, 0.3) is 21.9 Å². The first-order chi connectivity index (χ1) is 20.6. The van der Waals surface area contributed by atoms with Gasteiger partial charge in [-0.3, -0.25) is 28.2 Å². The molecule has 2 aliphatic rings. The molecule has 230 valence electrons. The molecule has 3 aromatic heterocycles. The van der Waals surface area contributed by atoms with Gasteiger partial charge in [0.05, 0.1) is 25.6 Å². The van der Waals surface area contributed by atoms with Crippen LogP contribution in [-0.2, 0) is 27.6 Å². The lowest BCUT2D eigenvalue weighted by atomic mass is 10.1. The van der Waals surface area contributed by atoms with Crippen LogP contribution in [0.3, 0.4) is 0 Å². The molecule has 0 amide bonds. The molecule has 3 unspecified atom stereocenters. The summed E-state index contributed by atoms with van der Waals surface area (Å²) in [5.74, 6) is -0.0267. The summed E-state index contributed by atoms with van der Waals surface area (Å²) in [5.41, 5.74) is 5.32. The fraction of sp³-hybridized carbons (Fsp3) is 0.417. The Bertz CT molecular complexity index is 1800. The van der Waals surface area contributed by atoms with Crippen LogP contribution in [0.5, 0.6) is 0 Å². The van der Waals surface area contributed by atoms with Crippen LogP contribution >= 0.6 is 28.1 Å². The number of benzene rings is 1. The molecule has 0 radical (unpaired) electrons. The monoisotopic (exact) mass is 654 g/mol. The van der Waals surface area contributed by atoms with Gasteiger partial charge in [-0.05, 0) is 30.4 Å². The van der Waals surface area contributed by atoms with Crippen molar-refractivity contribution < 1.29 is 37.6 Å². The fourth-order valence-electron chi connectivity index (χ4n) is 5.19. The zero-order valence-electron chi connectivity index (χ0n) is 22.3. The Morgan fingerprint density at radius 2 is 2.00 bits per heavy atom. The minimum atomic E-state index is -4.17. The summed E-state index contributed by atoms with van der Waals surface area (Å²) in [7, 11) is -0.576. The van der Waals surface area contributed by atoms with Crippen molar-refractivity contribution in [2.75, 3.05) is 18.9 Å². The topological polar surface area (TPSA) is 215 Å². The molecule has 5 N–H and O–H groups in total. The predicted octanol–water partition coefficient (Wildman–Crippen LogP) is 1.61. The standard InChI is InChI=1S/C24H28N6O10P2S/c25-24-27-20-17(21(32)28-24)26-11-30(20)16-6-5-13(38-16)9-36-41-40-19-15(10-37-42(34,35)43)39-23(18(19)31)29-8-7-12-3-1-2-4-14(12)22(29)33/h1-4,7-8,11,13,15-16,18-19,23,31,41H,5-6,9-10H2,(H2,34,35,43)(H3,25,27,28,32)/t13-,15+,16+,18?,19+,23+/m0/s1. The van der Waals surface area contributed by atoms with E-state index in [1.54, 1.807) is 28.8 Å². The number of aliphatic hydroxyl groups excluding tert-OH is 1. The highest BCUT2D eigenvalue weighted by atomic mass is 32.7. The quantitative estimate of drug-likeness (QED) is 0.0935. The van der Waals surface area contributed by atoms with Crippen molar-refractivity contribution in [3.63, 3.8) is 0 Å². The van der Waals surface area contributed by atoms with Crippen LogP contribution in [0.2, 0.25) is 0 Å². The van der Waals surface area contributed by atoms with Crippen LogP contribution in [0.1, 0.15) is 25.3 Å². The van der Waals surface area contributed by atoms with Crippen LogP contribution in [-0.4, -0.2) is 71.7 Å². The average Bonchev–Trinajstić information content (AvgIpc) is 3.68. The van der Waals surface area contributed by atoms with Crippen molar-refractivity contribution >= 4 is 56.0 Å². The molecule has 2 fully saturated rings. The second-order valence-corrected chi connectivity index (χ2v) is 13.4. The van der Waals surface area contributed by atoms with E-state index in [1.807, 2.05) is 6.07 Å². The number of aromatic amines is 1. The van der Waals surface area contributed by atoms with E-state index in [2.05, 4.69) is 27.2 Å². The van der Waals surface area contributed by atoms with Gasteiger partial charge in [-0.1, -0.05) is 30.4 Å². The number of nitrogens with zero attached hydrogens (tertiary/aromatic N) is 4. The van der Waals surface area contributed by atoms with Crippen molar-refractivity contribution in [3.8, 4) is 0 Å². The molecule has 5 heterocycles. The van der Waals surface area contributed by atoms with Gasteiger partial charge in [0, 0.05) is 11.6 Å². The average molecular weight is 655 g/mol. The first kappa shape index (κ1) is 30.3.